The zero-order chi connectivity index (χ0) is 22.5. The van der Waals surface area contributed by atoms with Gasteiger partial charge in [-0.2, -0.15) is 4.98 Å². The van der Waals surface area contributed by atoms with Crippen LogP contribution in [0.15, 0.2) is 28.8 Å². The molecule has 166 valence electrons. The Labute approximate surface area is 176 Å². The van der Waals surface area contributed by atoms with Crippen molar-refractivity contribution in [1.82, 2.24) is 20.4 Å². The van der Waals surface area contributed by atoms with E-state index in [0.29, 0.717) is 25.8 Å². The summed E-state index contributed by atoms with van der Waals surface area (Å²) in [7, 11) is 0. The number of phenolic OH excluding ortho intramolecular Hbond substituents is 1. The minimum Gasteiger partial charge on any atom is -0.563 e. The van der Waals surface area contributed by atoms with Gasteiger partial charge in [0.15, 0.2) is 11.9 Å². The highest BCUT2D eigenvalue weighted by Crippen LogP contribution is 2.31. The number of likely N-dealkylation sites (tertiary alicyclic amines) is 1. The van der Waals surface area contributed by atoms with Crippen molar-refractivity contribution in [1.29, 1.82) is 0 Å². The van der Waals surface area contributed by atoms with E-state index >= 15 is 0 Å². The zero-order valence-electron chi connectivity index (χ0n) is 16.5. The smallest absolute Gasteiger partial charge is 0.539 e. The third kappa shape index (κ3) is 5.48. The summed E-state index contributed by atoms with van der Waals surface area (Å²) in [6.07, 6.45) is 0.925. The van der Waals surface area contributed by atoms with Gasteiger partial charge >= 0.3 is 18.0 Å². The van der Waals surface area contributed by atoms with E-state index in [9.17, 15) is 19.5 Å². The molecule has 2 amide bonds. The van der Waals surface area contributed by atoms with Crippen LogP contribution in [0.5, 0.6) is 5.75 Å². The molecule has 0 saturated carbocycles. The van der Waals surface area contributed by atoms with Crippen LogP contribution in [-0.4, -0.2) is 60.9 Å². The Morgan fingerprint density at radius 3 is 2.68 bits per heavy atom. The van der Waals surface area contributed by atoms with Gasteiger partial charge in [-0.15, -0.1) is 0 Å². The number of aromatic hydroxyl groups is 1. The van der Waals surface area contributed by atoms with Crippen molar-refractivity contribution in [3.63, 3.8) is 0 Å². The lowest BCUT2D eigenvalue weighted by Crippen LogP contribution is -2.48. The maximum atomic E-state index is 12.6. The molecule has 31 heavy (non-hydrogen) atoms. The Kier molecular flexibility index (Phi) is 6.70. The molecule has 1 saturated heterocycles. The van der Waals surface area contributed by atoms with Crippen LogP contribution >= 0.6 is 0 Å². The van der Waals surface area contributed by atoms with Crippen molar-refractivity contribution in [2.75, 3.05) is 6.54 Å². The van der Waals surface area contributed by atoms with Crippen LogP contribution in [-0.2, 0) is 16.0 Å². The first kappa shape index (κ1) is 22.0. The van der Waals surface area contributed by atoms with Gasteiger partial charge in [0.25, 0.3) is 0 Å². The number of benzene rings is 1. The van der Waals surface area contributed by atoms with E-state index in [1.807, 2.05) is 0 Å². The molecule has 0 unspecified atom stereocenters. The Morgan fingerprint density at radius 2 is 2.03 bits per heavy atom. The van der Waals surface area contributed by atoms with Gasteiger partial charge in [0.1, 0.15) is 11.8 Å². The molecule has 0 radical (unpaired) electrons. The molecule has 2 aromatic rings. The number of amides is 2. The predicted octanol–water partition coefficient (Wildman–Crippen LogP) is -0.0413. The molecule has 7 N–H and O–H groups in total. The third-order valence-electron chi connectivity index (χ3n) is 4.97. The van der Waals surface area contributed by atoms with Crippen molar-refractivity contribution >= 4 is 18.0 Å². The number of aliphatic carboxylic acids is 1. The summed E-state index contributed by atoms with van der Waals surface area (Å²) in [5.74, 6) is -1.88. The first-order valence-electron chi connectivity index (χ1n) is 9.66. The number of hydrogen-bond acceptors (Lipinski definition) is 8. The minimum absolute atomic E-state index is 0.150. The fourth-order valence-corrected chi connectivity index (χ4v) is 3.39. The van der Waals surface area contributed by atoms with Gasteiger partial charge in [-0.05, 0) is 37.0 Å². The van der Waals surface area contributed by atoms with Crippen molar-refractivity contribution in [2.24, 2.45) is 5.73 Å². The lowest BCUT2D eigenvalue weighted by molar-refractivity contribution is -0.145. The number of phenols is 1. The maximum absolute atomic E-state index is 12.6. The number of hydrogen-bond donors (Lipinski definition) is 4. The average molecular weight is 434 g/mol. The van der Waals surface area contributed by atoms with Crippen LogP contribution in [0.3, 0.4) is 0 Å². The molecule has 3 rings (SSSR count). The number of carbonyl (C=O) groups is 3. The number of urea groups is 1. The Balaban J connectivity index is 1.67. The van der Waals surface area contributed by atoms with Crippen LogP contribution < -0.4 is 11.1 Å². The summed E-state index contributed by atoms with van der Waals surface area (Å²) in [5, 5.41) is 31.6. The lowest BCUT2D eigenvalue weighted by atomic mass is 10.1. The fraction of sp³-hybridized carbons (Fsp3) is 0.421. The number of aromatic nitrogens is 2. The van der Waals surface area contributed by atoms with E-state index < -0.39 is 42.5 Å². The summed E-state index contributed by atoms with van der Waals surface area (Å²) in [5.41, 5.74) is 7.04. The third-order valence-corrected chi connectivity index (χ3v) is 4.97. The number of carboxylic acids is 1. The van der Waals surface area contributed by atoms with Crippen molar-refractivity contribution < 1.29 is 34.2 Å². The zero-order valence-corrected chi connectivity index (χ0v) is 16.5. The average Bonchev–Trinajstić information content (AvgIpc) is 3.38. The van der Waals surface area contributed by atoms with E-state index in [4.69, 9.17) is 20.5 Å². The number of nitrogens with one attached hydrogen (secondary N) is 1. The maximum Gasteiger partial charge on any atom is 0.539 e. The molecular formula is C19H24N5O7+. The van der Waals surface area contributed by atoms with Gasteiger partial charge in [-0.1, -0.05) is 17.3 Å². The van der Waals surface area contributed by atoms with E-state index in [1.165, 1.54) is 4.90 Å². The molecule has 1 fully saturated rings. The monoisotopic (exact) mass is 434 g/mol. The van der Waals surface area contributed by atoms with Gasteiger partial charge in [-0.3, -0.25) is 4.79 Å². The summed E-state index contributed by atoms with van der Waals surface area (Å²) in [6.45, 7) is 0.347. The molecular weight excluding hydrogens is 410 g/mol. The second-order valence-electron chi connectivity index (χ2n) is 7.28. The Bertz CT molecular complexity index is 945. The van der Waals surface area contributed by atoms with Crippen molar-refractivity contribution in [2.45, 2.75) is 43.8 Å². The summed E-state index contributed by atoms with van der Waals surface area (Å²) >= 11 is 0. The topological polar surface area (TPSA) is 195 Å². The van der Waals surface area contributed by atoms with Gasteiger partial charge in [0.05, 0.1) is 12.5 Å². The highest BCUT2D eigenvalue weighted by atomic mass is 16.5. The molecule has 1 aliphatic heterocycles. The van der Waals surface area contributed by atoms with E-state index in [0.717, 1.165) is 5.56 Å². The molecule has 12 heteroatoms. The van der Waals surface area contributed by atoms with Gasteiger partial charge in [0.2, 0.25) is 5.89 Å². The summed E-state index contributed by atoms with van der Waals surface area (Å²) in [6, 6.07) is 3.35. The number of carboxylic acid groups (broad SMARTS) is 1. The molecule has 0 spiro atoms. The molecule has 1 aromatic carbocycles. The number of nitrogens with zero attached hydrogens (tertiary/aromatic N) is 3. The van der Waals surface area contributed by atoms with Crippen LogP contribution in [0.1, 0.15) is 48.6 Å². The molecule has 3 atom stereocenters. The van der Waals surface area contributed by atoms with E-state index in [1.54, 1.807) is 24.3 Å². The molecule has 1 aromatic heterocycles. The number of carbonyl (C=O) groups excluding carboxylic acids is 2. The highest BCUT2D eigenvalue weighted by Gasteiger charge is 2.38. The standard InChI is InChI=1S/C19H23N5O7/c20-12(8-10-3-5-11(25)6-4-10)16-22-17(31-23-16)14-2-1-7-24(14)19(30)21-13(18(28)29)9-15(26)27/h3-6,12-14,25H,1-2,7-9,20H2,(H,21,30)(H,26,27)(H,28,29)/p+1/t12-,13-,14-/m0/s1. The first-order valence-corrected chi connectivity index (χ1v) is 9.66. The second-order valence-corrected chi connectivity index (χ2v) is 7.28. The van der Waals surface area contributed by atoms with E-state index in [2.05, 4.69) is 15.5 Å². The minimum atomic E-state index is -1.44. The highest BCUT2D eigenvalue weighted by molar-refractivity contribution is 5.86. The normalized spacial score (nSPS) is 17.8. The summed E-state index contributed by atoms with van der Waals surface area (Å²) in [4.78, 5) is 40.5. The van der Waals surface area contributed by atoms with Gasteiger partial charge in [0, 0.05) is 11.3 Å². The SMILES string of the molecule is N[C@@H](Cc1ccc(O)cc1)c1noc([C@@H]2CCCN2C(=O)N[C@@H](CC(=O)O)C(=O)[OH2+])n1. The Hall–Kier alpha value is -3.67. The second kappa shape index (κ2) is 9.43. The number of nitrogens with two attached hydrogens (primary N) is 1. The molecule has 0 aliphatic carbocycles. The van der Waals surface area contributed by atoms with Gasteiger partial charge in [-0.25, -0.2) is 4.79 Å². The molecule has 0 bridgehead atoms. The summed E-state index contributed by atoms with van der Waals surface area (Å²) < 4.78 is 5.32. The van der Waals surface area contributed by atoms with Gasteiger partial charge < -0.3 is 35.8 Å². The van der Waals surface area contributed by atoms with Crippen LogP contribution in [0, 0.1) is 0 Å². The molecule has 2 heterocycles. The van der Waals surface area contributed by atoms with Crippen molar-refractivity contribution in [3.8, 4) is 5.75 Å². The fourth-order valence-electron chi connectivity index (χ4n) is 3.39. The lowest BCUT2D eigenvalue weighted by Gasteiger charge is -2.23. The molecule has 1 aliphatic rings. The van der Waals surface area contributed by atoms with Crippen LogP contribution in [0.2, 0.25) is 0 Å². The quantitative estimate of drug-likeness (QED) is 0.412. The first-order chi connectivity index (χ1) is 14.7. The Morgan fingerprint density at radius 1 is 1.32 bits per heavy atom. The van der Waals surface area contributed by atoms with E-state index in [-0.39, 0.29) is 17.5 Å². The molecule has 12 nitrogen and oxygen atoms in total. The number of rotatable bonds is 8. The van der Waals surface area contributed by atoms with Crippen molar-refractivity contribution in [3.05, 3.63) is 41.5 Å². The van der Waals surface area contributed by atoms with Crippen LogP contribution in [0.4, 0.5) is 4.79 Å². The predicted molar refractivity (Wildman–Crippen MR) is 105 cm³/mol. The van der Waals surface area contributed by atoms with Crippen LogP contribution in [0.25, 0.3) is 0 Å². The largest absolute Gasteiger partial charge is 0.563 e.